The Morgan fingerprint density at radius 1 is 1.43 bits per heavy atom. The lowest BCUT2D eigenvalue weighted by Gasteiger charge is -2.16. The van der Waals surface area contributed by atoms with Gasteiger partial charge in [-0.3, -0.25) is 0 Å². The topological polar surface area (TPSA) is 17.8 Å². The van der Waals surface area contributed by atoms with E-state index in [1.165, 1.54) is 31.5 Å². The van der Waals surface area contributed by atoms with Crippen LogP contribution in [0.2, 0.25) is 0 Å². The first-order valence-corrected chi connectivity index (χ1v) is 6.22. The predicted molar refractivity (Wildman–Crippen MR) is 61.5 cm³/mol. The molecule has 1 aromatic heterocycles. The van der Waals surface area contributed by atoms with Crippen LogP contribution in [0.5, 0.6) is 0 Å². The van der Waals surface area contributed by atoms with Crippen LogP contribution in [0, 0.1) is 0 Å². The number of hydrogen-bond acceptors (Lipinski definition) is 1. The third-order valence-corrected chi connectivity index (χ3v) is 3.35. The third kappa shape index (κ3) is 1.88. The Morgan fingerprint density at radius 3 is 2.64 bits per heavy atom. The van der Waals surface area contributed by atoms with Crippen LogP contribution >= 0.6 is 15.9 Å². The summed E-state index contributed by atoms with van der Waals surface area (Å²) in [5.74, 6) is 1.74. The highest BCUT2D eigenvalue weighted by molar-refractivity contribution is 9.10. The SMILES string of the molecule is CC(C)c1nc(Br)cn1C1CCCC1. The zero-order valence-corrected chi connectivity index (χ0v) is 10.4. The molecule has 0 radical (unpaired) electrons. The normalized spacial score (nSPS) is 18.3. The van der Waals surface area contributed by atoms with Gasteiger partial charge >= 0.3 is 0 Å². The van der Waals surface area contributed by atoms with Crippen LogP contribution in [-0.2, 0) is 0 Å². The minimum atomic E-state index is 0.516. The fraction of sp³-hybridized carbons (Fsp3) is 0.727. The molecule has 0 unspecified atom stereocenters. The summed E-state index contributed by atoms with van der Waals surface area (Å²) >= 11 is 3.47. The van der Waals surface area contributed by atoms with Gasteiger partial charge in [0.05, 0.1) is 0 Å². The van der Waals surface area contributed by atoms with Crippen molar-refractivity contribution in [2.45, 2.75) is 51.5 Å². The number of halogens is 1. The van der Waals surface area contributed by atoms with Gasteiger partial charge in [-0.1, -0.05) is 26.7 Å². The second-order valence-corrected chi connectivity index (χ2v) is 5.23. The molecule has 0 atom stereocenters. The van der Waals surface area contributed by atoms with Gasteiger partial charge in [0, 0.05) is 18.2 Å². The van der Waals surface area contributed by atoms with E-state index in [0.29, 0.717) is 12.0 Å². The van der Waals surface area contributed by atoms with Crippen molar-refractivity contribution in [1.82, 2.24) is 9.55 Å². The number of hydrogen-bond donors (Lipinski definition) is 0. The number of rotatable bonds is 2. The maximum absolute atomic E-state index is 4.53. The lowest BCUT2D eigenvalue weighted by molar-refractivity contribution is 0.486. The van der Waals surface area contributed by atoms with Gasteiger partial charge in [-0.2, -0.15) is 0 Å². The molecule has 0 saturated heterocycles. The van der Waals surface area contributed by atoms with Crippen LogP contribution in [-0.4, -0.2) is 9.55 Å². The number of aromatic nitrogens is 2. The first-order chi connectivity index (χ1) is 6.68. The number of imidazole rings is 1. The van der Waals surface area contributed by atoms with Crippen molar-refractivity contribution >= 4 is 15.9 Å². The molecule has 0 aromatic carbocycles. The van der Waals surface area contributed by atoms with Crippen LogP contribution in [0.1, 0.15) is 57.3 Å². The standard InChI is InChI=1S/C11H17BrN2/c1-8(2)11-13-10(12)7-14(11)9-5-3-4-6-9/h7-9H,3-6H2,1-2H3. The summed E-state index contributed by atoms with van der Waals surface area (Å²) in [7, 11) is 0. The average molecular weight is 257 g/mol. The lowest BCUT2D eigenvalue weighted by atomic mass is 10.2. The molecule has 0 aliphatic heterocycles. The van der Waals surface area contributed by atoms with Gasteiger partial charge in [-0.15, -0.1) is 0 Å². The van der Waals surface area contributed by atoms with Gasteiger partial charge in [-0.05, 0) is 28.8 Å². The van der Waals surface area contributed by atoms with E-state index in [0.717, 1.165) is 4.60 Å². The van der Waals surface area contributed by atoms with Crippen molar-refractivity contribution in [3.8, 4) is 0 Å². The quantitative estimate of drug-likeness (QED) is 0.786. The second-order valence-electron chi connectivity index (χ2n) is 4.42. The highest BCUT2D eigenvalue weighted by atomic mass is 79.9. The molecule has 0 bridgehead atoms. The van der Waals surface area contributed by atoms with Crippen molar-refractivity contribution in [3.05, 3.63) is 16.6 Å². The molecule has 1 saturated carbocycles. The van der Waals surface area contributed by atoms with Crippen LogP contribution in [0.3, 0.4) is 0 Å². The maximum Gasteiger partial charge on any atom is 0.124 e. The summed E-state index contributed by atoms with van der Waals surface area (Å²) in [6, 6.07) is 0.700. The first kappa shape index (κ1) is 10.2. The van der Waals surface area contributed by atoms with Crippen molar-refractivity contribution in [2.24, 2.45) is 0 Å². The van der Waals surface area contributed by atoms with E-state index in [-0.39, 0.29) is 0 Å². The molecular formula is C11H17BrN2. The molecule has 1 heterocycles. The van der Waals surface area contributed by atoms with E-state index in [1.807, 2.05) is 0 Å². The van der Waals surface area contributed by atoms with E-state index in [4.69, 9.17) is 0 Å². The average Bonchev–Trinajstić information content (AvgIpc) is 2.70. The monoisotopic (exact) mass is 256 g/mol. The Balaban J connectivity index is 2.30. The summed E-state index contributed by atoms with van der Waals surface area (Å²) in [5, 5.41) is 0. The van der Waals surface area contributed by atoms with Crippen LogP contribution < -0.4 is 0 Å². The molecule has 3 heteroatoms. The van der Waals surface area contributed by atoms with Gasteiger partial charge < -0.3 is 4.57 Å². The van der Waals surface area contributed by atoms with E-state index >= 15 is 0 Å². The zero-order chi connectivity index (χ0) is 10.1. The van der Waals surface area contributed by atoms with Gasteiger partial charge in [0.2, 0.25) is 0 Å². The molecule has 2 nitrogen and oxygen atoms in total. The first-order valence-electron chi connectivity index (χ1n) is 5.42. The predicted octanol–water partition coefficient (Wildman–Crippen LogP) is 3.88. The second kappa shape index (κ2) is 4.05. The zero-order valence-electron chi connectivity index (χ0n) is 8.83. The van der Waals surface area contributed by atoms with Crippen LogP contribution in [0.4, 0.5) is 0 Å². The molecule has 0 N–H and O–H groups in total. The highest BCUT2D eigenvalue weighted by Crippen LogP contribution is 2.33. The van der Waals surface area contributed by atoms with Crippen molar-refractivity contribution in [3.63, 3.8) is 0 Å². The molecule has 0 amide bonds. The van der Waals surface area contributed by atoms with E-state index in [1.54, 1.807) is 0 Å². The Labute approximate surface area is 93.9 Å². The summed E-state index contributed by atoms with van der Waals surface area (Å²) in [4.78, 5) is 4.53. The van der Waals surface area contributed by atoms with E-state index < -0.39 is 0 Å². The molecule has 78 valence electrons. The summed E-state index contributed by atoms with van der Waals surface area (Å²) in [5.41, 5.74) is 0. The van der Waals surface area contributed by atoms with Gasteiger partial charge in [0.1, 0.15) is 10.4 Å². The summed E-state index contributed by atoms with van der Waals surface area (Å²) in [6.07, 6.45) is 7.53. The smallest absolute Gasteiger partial charge is 0.124 e. The fourth-order valence-corrected chi connectivity index (χ4v) is 2.68. The molecule has 1 aromatic rings. The Bertz CT molecular complexity index is 311. The van der Waals surface area contributed by atoms with Crippen LogP contribution in [0.15, 0.2) is 10.8 Å². The van der Waals surface area contributed by atoms with Gasteiger partial charge in [0.25, 0.3) is 0 Å². The molecular weight excluding hydrogens is 240 g/mol. The summed E-state index contributed by atoms with van der Waals surface area (Å²) < 4.78 is 3.36. The molecule has 2 rings (SSSR count). The lowest BCUT2D eigenvalue weighted by Crippen LogP contribution is -2.09. The van der Waals surface area contributed by atoms with Gasteiger partial charge in [0.15, 0.2) is 0 Å². The van der Waals surface area contributed by atoms with E-state index in [2.05, 4.69) is 45.5 Å². The Morgan fingerprint density at radius 2 is 2.07 bits per heavy atom. The minimum absolute atomic E-state index is 0.516. The molecule has 0 spiro atoms. The Hall–Kier alpha value is -0.310. The Kier molecular flexibility index (Phi) is 2.96. The van der Waals surface area contributed by atoms with Gasteiger partial charge in [-0.25, -0.2) is 4.98 Å². The maximum atomic E-state index is 4.53. The third-order valence-electron chi connectivity index (χ3n) is 2.97. The molecule has 14 heavy (non-hydrogen) atoms. The molecule has 1 aliphatic rings. The van der Waals surface area contributed by atoms with Crippen molar-refractivity contribution < 1.29 is 0 Å². The molecule has 1 aliphatic carbocycles. The number of nitrogens with zero attached hydrogens (tertiary/aromatic N) is 2. The summed E-state index contributed by atoms with van der Waals surface area (Å²) in [6.45, 7) is 4.42. The van der Waals surface area contributed by atoms with Crippen molar-refractivity contribution in [1.29, 1.82) is 0 Å². The minimum Gasteiger partial charge on any atom is -0.330 e. The van der Waals surface area contributed by atoms with Crippen molar-refractivity contribution in [2.75, 3.05) is 0 Å². The highest BCUT2D eigenvalue weighted by Gasteiger charge is 2.21. The largest absolute Gasteiger partial charge is 0.330 e. The fourth-order valence-electron chi connectivity index (χ4n) is 2.28. The van der Waals surface area contributed by atoms with Crippen LogP contribution in [0.25, 0.3) is 0 Å². The van der Waals surface area contributed by atoms with E-state index in [9.17, 15) is 0 Å². The molecule has 1 fully saturated rings.